The van der Waals surface area contributed by atoms with Crippen molar-refractivity contribution in [2.75, 3.05) is 14.2 Å². The molecule has 0 aromatic heterocycles. The third kappa shape index (κ3) is 5.39. The van der Waals surface area contributed by atoms with Gasteiger partial charge in [-0.05, 0) is 49.2 Å². The van der Waals surface area contributed by atoms with E-state index in [-0.39, 0.29) is 22.2 Å². The van der Waals surface area contributed by atoms with Gasteiger partial charge in [-0.25, -0.2) is 4.39 Å². The van der Waals surface area contributed by atoms with E-state index in [1.54, 1.807) is 26.4 Å². The van der Waals surface area contributed by atoms with Gasteiger partial charge in [0.05, 0.1) is 19.5 Å². The number of methoxy groups -OCH3 is 2. The largest absolute Gasteiger partial charge is 0.493 e. The molecule has 1 N–H and O–H groups in total. The summed E-state index contributed by atoms with van der Waals surface area (Å²) in [5, 5.41) is 2.81. The molecule has 4 nitrogen and oxygen atoms in total. The van der Waals surface area contributed by atoms with Crippen LogP contribution in [0.25, 0.3) is 0 Å². The number of halogens is 1. The Hall–Kier alpha value is -2.21. The molecule has 0 aliphatic heterocycles. The highest BCUT2D eigenvalue weighted by Gasteiger charge is 2.18. The molecule has 2 aromatic rings. The van der Waals surface area contributed by atoms with Gasteiger partial charge in [0.25, 0.3) is 0 Å². The molecule has 0 fully saturated rings. The van der Waals surface area contributed by atoms with Crippen LogP contribution in [0.15, 0.2) is 42.5 Å². The fourth-order valence-electron chi connectivity index (χ4n) is 2.50. The van der Waals surface area contributed by atoms with Gasteiger partial charge in [0.1, 0.15) is 5.82 Å². The van der Waals surface area contributed by atoms with Gasteiger partial charge in [0.15, 0.2) is 11.5 Å². The lowest BCUT2D eigenvalue weighted by molar-refractivity contribution is -0.120. The Morgan fingerprint density at radius 1 is 1.08 bits per heavy atom. The average Bonchev–Trinajstić information content (AvgIpc) is 2.66. The topological polar surface area (TPSA) is 47.6 Å². The van der Waals surface area contributed by atoms with Crippen molar-refractivity contribution >= 4 is 17.7 Å². The van der Waals surface area contributed by atoms with E-state index < -0.39 is 0 Å². The summed E-state index contributed by atoms with van der Waals surface area (Å²) in [4.78, 5) is 12.4. The fourth-order valence-corrected chi connectivity index (χ4v) is 3.64. The molecule has 0 saturated heterocycles. The van der Waals surface area contributed by atoms with E-state index in [0.717, 1.165) is 11.1 Å². The smallest absolute Gasteiger partial charge is 0.233 e. The van der Waals surface area contributed by atoms with Crippen LogP contribution in [-0.4, -0.2) is 25.4 Å². The van der Waals surface area contributed by atoms with E-state index in [4.69, 9.17) is 9.47 Å². The maximum Gasteiger partial charge on any atom is 0.233 e. The normalized spacial score (nSPS) is 13.0. The fraction of sp³-hybridized carbons (Fsp3) is 0.350. The van der Waals surface area contributed by atoms with Gasteiger partial charge in [0.2, 0.25) is 5.91 Å². The van der Waals surface area contributed by atoms with Gasteiger partial charge in [-0.1, -0.05) is 18.2 Å². The second-order valence-electron chi connectivity index (χ2n) is 5.88. The van der Waals surface area contributed by atoms with Crippen LogP contribution in [0.3, 0.4) is 0 Å². The van der Waals surface area contributed by atoms with Crippen LogP contribution in [0.4, 0.5) is 4.39 Å². The molecular formula is C20H24FNO3S. The Kier molecular flexibility index (Phi) is 7.33. The molecule has 0 radical (unpaired) electrons. The molecule has 0 aliphatic carbocycles. The molecule has 0 aliphatic rings. The maximum absolute atomic E-state index is 13.0. The van der Waals surface area contributed by atoms with Crippen molar-refractivity contribution < 1.29 is 18.7 Å². The summed E-state index contributed by atoms with van der Waals surface area (Å²) in [6.45, 7) is 4.29. The van der Waals surface area contributed by atoms with Crippen molar-refractivity contribution in [1.82, 2.24) is 5.32 Å². The number of ether oxygens (including phenoxy) is 2. The van der Waals surface area contributed by atoms with Crippen LogP contribution in [0.5, 0.6) is 11.5 Å². The summed E-state index contributed by atoms with van der Waals surface area (Å²) in [6, 6.07) is 11.9. The summed E-state index contributed by atoms with van der Waals surface area (Å²) >= 11 is 1.54. The van der Waals surface area contributed by atoms with Crippen LogP contribution in [0.2, 0.25) is 0 Å². The van der Waals surface area contributed by atoms with Crippen molar-refractivity contribution in [2.45, 2.75) is 30.9 Å². The van der Waals surface area contributed by atoms with E-state index in [9.17, 15) is 9.18 Å². The first-order chi connectivity index (χ1) is 12.4. The molecular weight excluding hydrogens is 353 g/mol. The second kappa shape index (κ2) is 9.48. The number of carbonyl (C=O) groups excluding carboxylic acids is 1. The standard InChI is InChI=1S/C20H24FNO3S/c1-13(16-6-8-17(21)9-7-16)26-14(2)20(23)22-12-15-5-10-18(24-3)19(11-15)25-4/h5-11,13-14H,12H2,1-4H3,(H,22,23). The van der Waals surface area contributed by atoms with Crippen LogP contribution in [-0.2, 0) is 11.3 Å². The molecule has 6 heteroatoms. The molecule has 140 valence electrons. The highest BCUT2D eigenvalue weighted by molar-refractivity contribution is 8.00. The first kappa shape index (κ1) is 20.1. The second-order valence-corrected chi connectivity index (χ2v) is 7.57. The molecule has 2 unspecified atom stereocenters. The minimum absolute atomic E-state index is 0.0428. The molecule has 0 heterocycles. The van der Waals surface area contributed by atoms with Crippen LogP contribution >= 0.6 is 11.8 Å². The van der Waals surface area contributed by atoms with Gasteiger partial charge in [-0.2, -0.15) is 0 Å². The minimum atomic E-state index is -0.258. The van der Waals surface area contributed by atoms with E-state index in [2.05, 4.69) is 5.32 Å². The molecule has 0 spiro atoms. The SMILES string of the molecule is COc1ccc(CNC(=O)C(C)SC(C)c2ccc(F)cc2)cc1OC. The quantitative estimate of drug-likeness (QED) is 0.743. The van der Waals surface area contributed by atoms with Gasteiger partial charge >= 0.3 is 0 Å². The van der Waals surface area contributed by atoms with Crippen molar-refractivity contribution in [3.05, 3.63) is 59.4 Å². The summed E-state index contributed by atoms with van der Waals surface area (Å²) in [6.07, 6.45) is 0. The van der Waals surface area contributed by atoms with E-state index in [1.165, 1.54) is 23.9 Å². The van der Waals surface area contributed by atoms with Gasteiger partial charge in [-0.15, -0.1) is 11.8 Å². The molecule has 2 rings (SSSR count). The van der Waals surface area contributed by atoms with Crippen molar-refractivity contribution in [3.63, 3.8) is 0 Å². The number of benzene rings is 2. The average molecular weight is 377 g/mol. The number of carbonyl (C=O) groups is 1. The summed E-state index contributed by atoms with van der Waals surface area (Å²) in [7, 11) is 3.16. The van der Waals surface area contributed by atoms with E-state index >= 15 is 0 Å². The lowest BCUT2D eigenvalue weighted by Crippen LogP contribution is -2.30. The van der Waals surface area contributed by atoms with Crippen LogP contribution in [0, 0.1) is 5.82 Å². The van der Waals surface area contributed by atoms with Crippen molar-refractivity contribution in [2.24, 2.45) is 0 Å². The van der Waals surface area contributed by atoms with E-state index in [1.807, 2.05) is 32.0 Å². The number of rotatable bonds is 8. The zero-order valence-corrected chi connectivity index (χ0v) is 16.2. The predicted octanol–water partition coefficient (Wildman–Crippen LogP) is 4.34. The van der Waals surface area contributed by atoms with E-state index in [0.29, 0.717) is 18.0 Å². The number of thioether (sulfide) groups is 1. The van der Waals surface area contributed by atoms with Crippen molar-refractivity contribution in [1.29, 1.82) is 0 Å². The molecule has 1 amide bonds. The molecule has 0 bridgehead atoms. The summed E-state index contributed by atoms with van der Waals surface area (Å²) < 4.78 is 23.5. The Morgan fingerprint density at radius 3 is 2.35 bits per heavy atom. The van der Waals surface area contributed by atoms with Gasteiger partial charge < -0.3 is 14.8 Å². The Morgan fingerprint density at radius 2 is 1.73 bits per heavy atom. The minimum Gasteiger partial charge on any atom is -0.493 e. The Labute approximate surface area is 158 Å². The summed E-state index contributed by atoms with van der Waals surface area (Å²) in [5.74, 6) is 0.983. The lowest BCUT2D eigenvalue weighted by Gasteiger charge is -2.17. The van der Waals surface area contributed by atoms with Gasteiger partial charge in [-0.3, -0.25) is 4.79 Å². The zero-order chi connectivity index (χ0) is 19.1. The third-order valence-corrected chi connectivity index (χ3v) is 5.33. The Balaban J connectivity index is 1.89. The monoisotopic (exact) mass is 377 g/mol. The number of nitrogens with one attached hydrogen (secondary N) is 1. The molecule has 2 aromatic carbocycles. The zero-order valence-electron chi connectivity index (χ0n) is 15.4. The third-order valence-electron chi connectivity index (χ3n) is 4.03. The predicted molar refractivity (Wildman–Crippen MR) is 103 cm³/mol. The number of hydrogen-bond acceptors (Lipinski definition) is 4. The maximum atomic E-state index is 13.0. The van der Waals surface area contributed by atoms with Crippen LogP contribution in [0.1, 0.15) is 30.2 Å². The van der Waals surface area contributed by atoms with Crippen molar-refractivity contribution in [3.8, 4) is 11.5 Å². The Bertz CT molecular complexity index is 736. The van der Waals surface area contributed by atoms with Crippen LogP contribution < -0.4 is 14.8 Å². The number of hydrogen-bond donors (Lipinski definition) is 1. The summed E-state index contributed by atoms with van der Waals surface area (Å²) in [5.41, 5.74) is 1.93. The highest BCUT2D eigenvalue weighted by Crippen LogP contribution is 2.32. The molecule has 0 saturated carbocycles. The number of amides is 1. The first-order valence-corrected chi connectivity index (χ1v) is 9.28. The lowest BCUT2D eigenvalue weighted by atomic mass is 10.2. The highest BCUT2D eigenvalue weighted by atomic mass is 32.2. The van der Waals surface area contributed by atoms with Gasteiger partial charge in [0, 0.05) is 11.8 Å². The first-order valence-electron chi connectivity index (χ1n) is 8.34. The molecule has 26 heavy (non-hydrogen) atoms. The molecule has 2 atom stereocenters.